The number of aromatic nitrogens is 1. The van der Waals surface area contributed by atoms with E-state index >= 15 is 0 Å². The van der Waals surface area contributed by atoms with Gasteiger partial charge in [0.25, 0.3) is 0 Å². The van der Waals surface area contributed by atoms with Crippen LogP contribution in [0.4, 0.5) is 23.9 Å². The van der Waals surface area contributed by atoms with Gasteiger partial charge in [0.05, 0.1) is 6.20 Å². The summed E-state index contributed by atoms with van der Waals surface area (Å²) < 4.78 is 36.8. The third kappa shape index (κ3) is 2.52. The second kappa shape index (κ2) is 4.13. The minimum absolute atomic E-state index is 0.374. The first kappa shape index (κ1) is 10.9. The van der Waals surface area contributed by atoms with Gasteiger partial charge in [0.15, 0.2) is 5.01 Å². The zero-order valence-corrected chi connectivity index (χ0v) is 8.77. The lowest BCUT2D eigenvalue weighted by molar-refractivity contribution is -0.137. The van der Waals surface area contributed by atoms with Crippen LogP contribution in [0.25, 0.3) is 0 Å². The molecule has 1 aromatic heterocycles. The van der Waals surface area contributed by atoms with Crippen molar-refractivity contribution in [1.82, 2.24) is 4.98 Å². The predicted molar refractivity (Wildman–Crippen MR) is 56.8 cm³/mol. The van der Waals surface area contributed by atoms with Crippen molar-refractivity contribution < 1.29 is 13.2 Å². The van der Waals surface area contributed by atoms with Crippen LogP contribution in [0, 0.1) is 0 Å². The largest absolute Gasteiger partial charge is 0.443 e. The standard InChI is InChI=1S/C10H7F3N2S/c11-10(12,13)9-14-6-8(16-9)15-7-4-2-1-3-5-7/h1-6,15H. The third-order valence-electron chi connectivity index (χ3n) is 1.79. The molecule has 0 saturated heterocycles. The number of nitrogens with one attached hydrogen (secondary N) is 1. The van der Waals surface area contributed by atoms with Crippen LogP contribution in [0.2, 0.25) is 0 Å². The Morgan fingerprint density at radius 2 is 1.81 bits per heavy atom. The summed E-state index contributed by atoms with van der Waals surface area (Å²) in [6.45, 7) is 0. The highest BCUT2D eigenvalue weighted by atomic mass is 32.1. The smallest absolute Gasteiger partial charge is 0.346 e. The van der Waals surface area contributed by atoms with Crippen molar-refractivity contribution in [1.29, 1.82) is 0 Å². The Morgan fingerprint density at radius 3 is 2.38 bits per heavy atom. The van der Waals surface area contributed by atoms with Gasteiger partial charge in [-0.15, -0.1) is 0 Å². The van der Waals surface area contributed by atoms with Crippen molar-refractivity contribution in [2.24, 2.45) is 0 Å². The molecule has 0 aliphatic carbocycles. The highest BCUT2D eigenvalue weighted by molar-refractivity contribution is 7.15. The van der Waals surface area contributed by atoms with Crippen molar-refractivity contribution in [2.45, 2.75) is 6.18 Å². The van der Waals surface area contributed by atoms with Gasteiger partial charge in [-0.25, -0.2) is 4.98 Å². The third-order valence-corrected chi connectivity index (χ3v) is 2.75. The maximum Gasteiger partial charge on any atom is 0.443 e. The molecule has 0 atom stereocenters. The predicted octanol–water partition coefficient (Wildman–Crippen LogP) is 3.91. The Hall–Kier alpha value is -1.56. The van der Waals surface area contributed by atoms with E-state index in [0.717, 1.165) is 5.69 Å². The Kier molecular flexibility index (Phi) is 2.82. The molecule has 1 heterocycles. The van der Waals surface area contributed by atoms with Crippen LogP contribution in [0.15, 0.2) is 36.5 Å². The molecular weight excluding hydrogens is 237 g/mol. The fraction of sp³-hybridized carbons (Fsp3) is 0.100. The van der Waals surface area contributed by atoms with Crippen molar-refractivity contribution in [3.8, 4) is 0 Å². The molecular formula is C10H7F3N2S. The number of hydrogen-bond donors (Lipinski definition) is 1. The van der Waals surface area contributed by atoms with Gasteiger partial charge in [-0.3, -0.25) is 0 Å². The Bertz CT molecular complexity index is 464. The van der Waals surface area contributed by atoms with E-state index in [4.69, 9.17) is 0 Å². The molecule has 0 fully saturated rings. The van der Waals surface area contributed by atoms with Gasteiger partial charge in [-0.2, -0.15) is 13.2 Å². The molecule has 1 aromatic carbocycles. The summed E-state index contributed by atoms with van der Waals surface area (Å²) in [5, 5.41) is 2.38. The van der Waals surface area contributed by atoms with Crippen LogP contribution in [0.1, 0.15) is 5.01 Å². The van der Waals surface area contributed by atoms with E-state index in [1.54, 1.807) is 24.3 Å². The van der Waals surface area contributed by atoms with E-state index in [1.807, 2.05) is 6.07 Å². The zero-order valence-electron chi connectivity index (χ0n) is 7.95. The lowest BCUT2D eigenvalue weighted by Crippen LogP contribution is -2.02. The molecule has 0 unspecified atom stereocenters. The zero-order chi connectivity index (χ0) is 11.6. The molecule has 0 aliphatic heterocycles. The summed E-state index contributed by atoms with van der Waals surface area (Å²) in [6.07, 6.45) is -3.19. The van der Waals surface area contributed by atoms with Gasteiger partial charge in [0.1, 0.15) is 5.00 Å². The van der Waals surface area contributed by atoms with E-state index in [2.05, 4.69) is 10.3 Å². The van der Waals surface area contributed by atoms with Gasteiger partial charge in [-0.1, -0.05) is 29.5 Å². The van der Waals surface area contributed by atoms with Crippen molar-refractivity contribution in [3.63, 3.8) is 0 Å². The molecule has 0 amide bonds. The average Bonchev–Trinajstić information content (AvgIpc) is 2.67. The maximum atomic E-state index is 12.3. The SMILES string of the molecule is FC(F)(F)c1ncc(Nc2ccccc2)s1. The number of thiazole rings is 1. The second-order valence-electron chi connectivity index (χ2n) is 3.02. The van der Waals surface area contributed by atoms with E-state index in [0.29, 0.717) is 16.3 Å². The molecule has 84 valence electrons. The molecule has 0 aliphatic rings. The lowest BCUT2D eigenvalue weighted by Gasteiger charge is -2.01. The summed E-state index contributed by atoms with van der Waals surface area (Å²) in [6, 6.07) is 8.97. The normalized spacial score (nSPS) is 11.4. The molecule has 1 N–H and O–H groups in total. The number of halogens is 3. The minimum Gasteiger partial charge on any atom is -0.346 e. The molecule has 0 saturated carbocycles. The van der Waals surface area contributed by atoms with Gasteiger partial charge in [0.2, 0.25) is 0 Å². The van der Waals surface area contributed by atoms with Crippen LogP contribution >= 0.6 is 11.3 Å². The fourth-order valence-electron chi connectivity index (χ4n) is 1.13. The maximum absolute atomic E-state index is 12.3. The van der Waals surface area contributed by atoms with Crippen molar-refractivity contribution >= 4 is 22.0 Å². The topological polar surface area (TPSA) is 24.9 Å². The molecule has 2 nitrogen and oxygen atoms in total. The van der Waals surface area contributed by atoms with Crippen LogP contribution in [-0.4, -0.2) is 4.98 Å². The molecule has 6 heteroatoms. The quantitative estimate of drug-likeness (QED) is 0.866. The molecule has 0 spiro atoms. The summed E-state index contributed by atoms with van der Waals surface area (Å²) in [5.74, 6) is 0. The first-order valence-electron chi connectivity index (χ1n) is 4.41. The summed E-state index contributed by atoms with van der Waals surface area (Å²) in [7, 11) is 0. The highest BCUT2D eigenvalue weighted by Crippen LogP contribution is 2.35. The van der Waals surface area contributed by atoms with E-state index in [1.165, 1.54) is 6.20 Å². The molecule has 2 rings (SSSR count). The number of alkyl halides is 3. The summed E-state index contributed by atoms with van der Waals surface area (Å²) in [5.41, 5.74) is 0.736. The van der Waals surface area contributed by atoms with Crippen molar-refractivity contribution in [2.75, 3.05) is 5.32 Å². The number of nitrogens with zero attached hydrogens (tertiary/aromatic N) is 1. The van der Waals surface area contributed by atoms with Crippen molar-refractivity contribution in [3.05, 3.63) is 41.5 Å². The monoisotopic (exact) mass is 244 g/mol. The Labute approximate surface area is 93.8 Å². The van der Waals surface area contributed by atoms with Crippen LogP contribution in [0.3, 0.4) is 0 Å². The Balaban J connectivity index is 2.15. The Morgan fingerprint density at radius 1 is 1.12 bits per heavy atom. The summed E-state index contributed by atoms with van der Waals surface area (Å²) >= 11 is 0.587. The minimum atomic E-state index is -4.37. The van der Waals surface area contributed by atoms with E-state index in [9.17, 15) is 13.2 Å². The number of hydrogen-bond acceptors (Lipinski definition) is 3. The van der Waals surface area contributed by atoms with Crippen LogP contribution in [-0.2, 0) is 6.18 Å². The number of benzene rings is 1. The molecule has 2 aromatic rings. The van der Waals surface area contributed by atoms with Crippen LogP contribution in [0.5, 0.6) is 0 Å². The molecule has 16 heavy (non-hydrogen) atoms. The summed E-state index contributed by atoms with van der Waals surface area (Å²) in [4.78, 5) is 3.31. The van der Waals surface area contributed by atoms with E-state index in [-0.39, 0.29) is 0 Å². The number of anilines is 2. The van der Waals surface area contributed by atoms with E-state index < -0.39 is 11.2 Å². The van der Waals surface area contributed by atoms with Crippen LogP contribution < -0.4 is 5.32 Å². The van der Waals surface area contributed by atoms with Gasteiger partial charge < -0.3 is 5.32 Å². The molecule has 0 bridgehead atoms. The highest BCUT2D eigenvalue weighted by Gasteiger charge is 2.34. The van der Waals surface area contributed by atoms with Gasteiger partial charge in [0, 0.05) is 5.69 Å². The van der Waals surface area contributed by atoms with Gasteiger partial charge >= 0.3 is 6.18 Å². The first-order chi connectivity index (χ1) is 7.55. The number of para-hydroxylation sites is 1. The van der Waals surface area contributed by atoms with Gasteiger partial charge in [-0.05, 0) is 12.1 Å². The molecule has 0 radical (unpaired) electrons. The average molecular weight is 244 g/mol. The number of rotatable bonds is 2. The first-order valence-corrected chi connectivity index (χ1v) is 5.22. The fourth-order valence-corrected chi connectivity index (χ4v) is 1.83. The lowest BCUT2D eigenvalue weighted by atomic mass is 10.3. The second-order valence-corrected chi connectivity index (χ2v) is 4.05.